The van der Waals surface area contributed by atoms with E-state index in [1.807, 2.05) is 0 Å². The number of carbonyl (C=O) groups is 1. The molecular formula is C8H14N4O3. The van der Waals surface area contributed by atoms with Crippen molar-refractivity contribution in [2.45, 2.75) is 26.5 Å². The monoisotopic (exact) mass is 214 g/mol. The van der Waals surface area contributed by atoms with Crippen molar-refractivity contribution < 1.29 is 14.6 Å². The van der Waals surface area contributed by atoms with Gasteiger partial charge in [0.2, 0.25) is 0 Å². The molecule has 0 aliphatic heterocycles. The van der Waals surface area contributed by atoms with Crippen molar-refractivity contribution in [2.24, 2.45) is 5.92 Å². The van der Waals surface area contributed by atoms with E-state index in [4.69, 9.17) is 9.84 Å². The quantitative estimate of drug-likeness (QED) is 0.747. The summed E-state index contributed by atoms with van der Waals surface area (Å²) >= 11 is 0. The van der Waals surface area contributed by atoms with Gasteiger partial charge in [0.1, 0.15) is 6.10 Å². The number of rotatable bonds is 5. The van der Waals surface area contributed by atoms with Crippen LogP contribution in [0.2, 0.25) is 0 Å². The minimum atomic E-state index is -0.874. The zero-order valence-corrected chi connectivity index (χ0v) is 8.91. The molecule has 0 aromatic carbocycles. The summed E-state index contributed by atoms with van der Waals surface area (Å²) in [5.74, 6) is -0.872. The molecule has 7 heteroatoms. The first-order valence-electron chi connectivity index (χ1n) is 4.58. The van der Waals surface area contributed by atoms with Gasteiger partial charge in [-0.05, 0) is 17.4 Å². The lowest BCUT2D eigenvalue weighted by molar-refractivity contribution is -0.141. The summed E-state index contributed by atoms with van der Waals surface area (Å²) in [6.07, 6.45) is -0.249. The van der Waals surface area contributed by atoms with Gasteiger partial charge in [0, 0.05) is 7.11 Å². The van der Waals surface area contributed by atoms with E-state index < -0.39 is 11.9 Å². The molecule has 1 rings (SSSR count). The van der Waals surface area contributed by atoms with Gasteiger partial charge in [0.15, 0.2) is 5.82 Å². The summed E-state index contributed by atoms with van der Waals surface area (Å²) in [6, 6.07) is 0. The van der Waals surface area contributed by atoms with E-state index in [0.29, 0.717) is 5.82 Å². The molecule has 2 atom stereocenters. The molecule has 15 heavy (non-hydrogen) atoms. The molecule has 2 unspecified atom stereocenters. The van der Waals surface area contributed by atoms with Crippen molar-refractivity contribution in [1.82, 2.24) is 20.2 Å². The van der Waals surface area contributed by atoms with E-state index in [-0.39, 0.29) is 12.6 Å². The smallest absolute Gasteiger partial charge is 0.308 e. The lowest BCUT2D eigenvalue weighted by Crippen LogP contribution is -2.20. The number of nitrogens with zero attached hydrogens (tertiary/aromatic N) is 4. The molecule has 0 radical (unpaired) electrons. The van der Waals surface area contributed by atoms with E-state index in [1.54, 1.807) is 21.0 Å². The third-order valence-corrected chi connectivity index (χ3v) is 2.15. The maximum absolute atomic E-state index is 10.7. The molecule has 0 amide bonds. The number of hydrogen-bond acceptors (Lipinski definition) is 5. The van der Waals surface area contributed by atoms with Crippen LogP contribution in [0.25, 0.3) is 0 Å². The third-order valence-electron chi connectivity index (χ3n) is 2.15. The number of methoxy groups -OCH3 is 1. The predicted octanol–water partition coefficient (Wildman–Crippen LogP) is 0.101. The second-order valence-corrected chi connectivity index (χ2v) is 3.34. The fourth-order valence-corrected chi connectivity index (χ4v) is 1.08. The maximum Gasteiger partial charge on any atom is 0.308 e. The first kappa shape index (κ1) is 11.6. The Hall–Kier alpha value is -1.50. The van der Waals surface area contributed by atoms with Crippen LogP contribution in [0.5, 0.6) is 0 Å². The van der Waals surface area contributed by atoms with Crippen LogP contribution in [0.4, 0.5) is 0 Å². The van der Waals surface area contributed by atoms with E-state index in [0.717, 1.165) is 0 Å². The van der Waals surface area contributed by atoms with Gasteiger partial charge in [-0.25, -0.2) is 4.68 Å². The van der Waals surface area contributed by atoms with Crippen molar-refractivity contribution >= 4 is 5.97 Å². The summed E-state index contributed by atoms with van der Waals surface area (Å²) in [6.45, 7) is 3.64. The minimum Gasteiger partial charge on any atom is -0.481 e. The Kier molecular flexibility index (Phi) is 3.73. The molecule has 1 heterocycles. The van der Waals surface area contributed by atoms with Crippen LogP contribution in [0, 0.1) is 5.92 Å². The fraction of sp³-hybridized carbons (Fsp3) is 0.750. The summed E-state index contributed by atoms with van der Waals surface area (Å²) < 4.78 is 6.52. The van der Waals surface area contributed by atoms with Gasteiger partial charge >= 0.3 is 5.97 Å². The number of aliphatic carboxylic acids is 1. The van der Waals surface area contributed by atoms with E-state index in [2.05, 4.69) is 15.5 Å². The average Bonchev–Trinajstić information content (AvgIpc) is 2.64. The molecule has 0 fully saturated rings. The predicted molar refractivity (Wildman–Crippen MR) is 50.0 cm³/mol. The van der Waals surface area contributed by atoms with Crippen LogP contribution in [-0.2, 0) is 16.1 Å². The van der Waals surface area contributed by atoms with Gasteiger partial charge in [-0.2, -0.15) is 0 Å². The largest absolute Gasteiger partial charge is 0.481 e. The third kappa shape index (κ3) is 2.72. The van der Waals surface area contributed by atoms with Crippen molar-refractivity contribution in [3.05, 3.63) is 5.82 Å². The van der Waals surface area contributed by atoms with Gasteiger partial charge in [-0.15, -0.1) is 5.10 Å². The number of carboxylic acid groups (broad SMARTS) is 1. The lowest BCUT2D eigenvalue weighted by atomic mass is 10.2. The average molecular weight is 214 g/mol. The number of ether oxygens (including phenoxy) is 1. The summed E-state index contributed by atoms with van der Waals surface area (Å²) in [4.78, 5) is 10.7. The van der Waals surface area contributed by atoms with E-state index in [1.165, 1.54) is 4.68 Å². The molecule has 1 aromatic heterocycles. The fourth-order valence-electron chi connectivity index (χ4n) is 1.08. The van der Waals surface area contributed by atoms with Crippen molar-refractivity contribution in [2.75, 3.05) is 7.11 Å². The molecular weight excluding hydrogens is 200 g/mol. The summed E-state index contributed by atoms with van der Waals surface area (Å²) in [5, 5.41) is 19.8. The first-order valence-corrected chi connectivity index (χ1v) is 4.58. The van der Waals surface area contributed by atoms with Gasteiger partial charge in [-0.3, -0.25) is 4.79 Å². The zero-order valence-electron chi connectivity index (χ0n) is 8.91. The second kappa shape index (κ2) is 4.83. The Morgan fingerprint density at radius 2 is 2.27 bits per heavy atom. The molecule has 84 valence electrons. The normalized spacial score (nSPS) is 14.9. The molecule has 0 saturated heterocycles. The number of hydrogen-bond donors (Lipinski definition) is 1. The number of carboxylic acids is 1. The Morgan fingerprint density at radius 1 is 1.60 bits per heavy atom. The molecule has 0 bridgehead atoms. The minimum absolute atomic E-state index is 0.241. The van der Waals surface area contributed by atoms with Crippen LogP contribution >= 0.6 is 0 Å². The number of aromatic nitrogens is 4. The molecule has 1 N–H and O–H groups in total. The van der Waals surface area contributed by atoms with Crippen LogP contribution in [0.15, 0.2) is 0 Å². The van der Waals surface area contributed by atoms with Crippen LogP contribution in [0.1, 0.15) is 25.8 Å². The maximum atomic E-state index is 10.7. The highest BCUT2D eigenvalue weighted by Crippen LogP contribution is 2.12. The van der Waals surface area contributed by atoms with Crippen LogP contribution in [-0.4, -0.2) is 38.4 Å². The SMILES string of the molecule is COC(C)c1nnnn1CC(C)C(=O)O. The van der Waals surface area contributed by atoms with Crippen molar-refractivity contribution in [3.8, 4) is 0 Å². The van der Waals surface area contributed by atoms with Crippen molar-refractivity contribution in [3.63, 3.8) is 0 Å². The summed E-state index contributed by atoms with van der Waals surface area (Å²) in [5.41, 5.74) is 0. The summed E-state index contributed by atoms with van der Waals surface area (Å²) in [7, 11) is 1.55. The molecule has 1 aromatic rings. The Bertz CT molecular complexity index is 338. The molecule has 0 spiro atoms. The van der Waals surface area contributed by atoms with E-state index in [9.17, 15) is 4.79 Å². The molecule has 0 aliphatic carbocycles. The van der Waals surface area contributed by atoms with E-state index >= 15 is 0 Å². The van der Waals surface area contributed by atoms with Gasteiger partial charge in [0.05, 0.1) is 12.5 Å². The second-order valence-electron chi connectivity index (χ2n) is 3.34. The van der Waals surface area contributed by atoms with Crippen LogP contribution in [0.3, 0.4) is 0 Å². The lowest BCUT2D eigenvalue weighted by Gasteiger charge is -2.11. The topological polar surface area (TPSA) is 90.1 Å². The van der Waals surface area contributed by atoms with Gasteiger partial charge in [0.25, 0.3) is 0 Å². The Labute approximate surface area is 87.0 Å². The molecule has 7 nitrogen and oxygen atoms in total. The Balaban J connectivity index is 2.77. The highest BCUT2D eigenvalue weighted by Gasteiger charge is 2.18. The number of tetrazole rings is 1. The zero-order chi connectivity index (χ0) is 11.4. The van der Waals surface area contributed by atoms with Gasteiger partial charge in [-0.1, -0.05) is 6.92 Å². The molecule has 0 saturated carbocycles. The first-order chi connectivity index (χ1) is 7.06. The molecule has 0 aliphatic rings. The Morgan fingerprint density at radius 3 is 2.80 bits per heavy atom. The highest BCUT2D eigenvalue weighted by molar-refractivity contribution is 5.69. The highest BCUT2D eigenvalue weighted by atomic mass is 16.5. The van der Waals surface area contributed by atoms with Gasteiger partial charge < -0.3 is 9.84 Å². The van der Waals surface area contributed by atoms with Crippen LogP contribution < -0.4 is 0 Å². The van der Waals surface area contributed by atoms with Crippen molar-refractivity contribution in [1.29, 1.82) is 0 Å². The standard InChI is InChI=1S/C8H14N4O3/c1-5(8(13)14)4-12-7(6(2)15-3)9-10-11-12/h5-6H,4H2,1-3H3,(H,13,14).